The molecule has 0 atom stereocenters. The third-order valence-corrected chi connectivity index (χ3v) is 12.0. The van der Waals surface area contributed by atoms with Crippen LogP contribution in [0.4, 0.5) is 11.6 Å². The van der Waals surface area contributed by atoms with Crippen molar-refractivity contribution in [2.24, 2.45) is 0 Å². The van der Waals surface area contributed by atoms with Crippen molar-refractivity contribution < 1.29 is 0 Å². The Kier molecular flexibility index (Phi) is 6.23. The van der Waals surface area contributed by atoms with Crippen molar-refractivity contribution in [3.05, 3.63) is 168 Å². The zero-order valence-electron chi connectivity index (χ0n) is 30.4. The van der Waals surface area contributed by atoms with Gasteiger partial charge in [0.05, 0.1) is 0 Å². The standard InChI is InChI=1S/C52H22N6/c1-55-45-21-29(19-31(25-53)57-45)49-37-17-15-34-33(41(37)23-43-35-11-3-7-27-9-5-13-39(47(27)35)51(43)49)16-18-38-42(34)24-44-36-12-4-8-28-10-6-14-40(48(28)36)52(44)50(38)30-20-32(26-54)58-46(22-30)56-2/h3-24H. The Morgan fingerprint density at radius 1 is 0.397 bits per heavy atom. The molecule has 0 bridgehead atoms. The molecule has 0 saturated heterocycles. The first-order chi connectivity index (χ1) is 28.6. The van der Waals surface area contributed by atoms with E-state index in [-0.39, 0.29) is 23.0 Å². The highest BCUT2D eigenvalue weighted by molar-refractivity contribution is 6.30. The molecule has 0 saturated carbocycles. The lowest BCUT2D eigenvalue weighted by Crippen LogP contribution is -1.94. The van der Waals surface area contributed by atoms with Crippen LogP contribution in [0.3, 0.4) is 0 Å². The van der Waals surface area contributed by atoms with E-state index in [1.807, 2.05) is 0 Å². The number of rotatable bonds is 2. The molecule has 0 unspecified atom stereocenters. The van der Waals surface area contributed by atoms with Crippen molar-refractivity contribution in [2.75, 3.05) is 0 Å². The second-order valence-electron chi connectivity index (χ2n) is 14.8. The Labute approximate surface area is 331 Å². The predicted octanol–water partition coefficient (Wildman–Crippen LogP) is 13.7. The van der Waals surface area contributed by atoms with Crippen molar-refractivity contribution in [3.63, 3.8) is 0 Å². The fourth-order valence-corrected chi connectivity index (χ4v) is 9.85. The Balaban J connectivity index is 1.25. The average molecular weight is 731 g/mol. The van der Waals surface area contributed by atoms with E-state index in [2.05, 4.69) is 141 Å². The molecular weight excluding hydrogens is 709 g/mol. The third kappa shape index (κ3) is 4.10. The molecule has 0 amide bonds. The summed E-state index contributed by atoms with van der Waals surface area (Å²) in [6.45, 7) is 15.7. The summed E-state index contributed by atoms with van der Waals surface area (Å²) in [7, 11) is 0. The lowest BCUT2D eigenvalue weighted by atomic mass is 9.84. The fraction of sp³-hybridized carbons (Fsp3) is 0. The van der Waals surface area contributed by atoms with E-state index in [1.165, 1.54) is 10.8 Å². The number of pyridine rings is 2. The zero-order chi connectivity index (χ0) is 38.8. The number of hydrogen-bond donors (Lipinski definition) is 0. The smallest absolute Gasteiger partial charge is 0.271 e. The molecule has 12 rings (SSSR count). The maximum absolute atomic E-state index is 10.0. The molecule has 0 spiro atoms. The first kappa shape index (κ1) is 31.6. The highest BCUT2D eigenvalue weighted by Gasteiger charge is 2.30. The molecule has 6 heteroatoms. The van der Waals surface area contributed by atoms with Gasteiger partial charge in [0.15, 0.2) is 0 Å². The molecule has 58 heavy (non-hydrogen) atoms. The maximum Gasteiger partial charge on any atom is 0.271 e. The maximum atomic E-state index is 10.0. The van der Waals surface area contributed by atoms with Gasteiger partial charge in [-0.15, -0.1) is 9.97 Å². The van der Waals surface area contributed by atoms with Gasteiger partial charge in [-0.1, -0.05) is 110 Å². The van der Waals surface area contributed by atoms with E-state index < -0.39 is 0 Å². The third-order valence-electron chi connectivity index (χ3n) is 12.0. The monoisotopic (exact) mass is 730 g/mol. The van der Waals surface area contributed by atoms with Crippen LogP contribution < -0.4 is 0 Å². The minimum absolute atomic E-state index is 0.176. The first-order valence-electron chi connectivity index (χ1n) is 18.7. The van der Waals surface area contributed by atoms with E-state index in [0.29, 0.717) is 0 Å². The van der Waals surface area contributed by atoms with Gasteiger partial charge in [0, 0.05) is 12.1 Å². The predicted molar refractivity (Wildman–Crippen MR) is 231 cm³/mol. The molecule has 0 aliphatic heterocycles. The van der Waals surface area contributed by atoms with E-state index in [4.69, 9.17) is 13.1 Å². The topological polar surface area (TPSA) is 82.1 Å². The minimum atomic E-state index is 0.176. The van der Waals surface area contributed by atoms with Gasteiger partial charge in [-0.25, -0.2) is 0 Å². The number of benzene rings is 8. The van der Waals surface area contributed by atoms with E-state index in [1.54, 1.807) is 24.3 Å². The highest BCUT2D eigenvalue weighted by atomic mass is 14.9. The lowest BCUT2D eigenvalue weighted by Gasteiger charge is -2.19. The Bertz CT molecular complexity index is 3470. The Morgan fingerprint density at radius 3 is 1.19 bits per heavy atom. The van der Waals surface area contributed by atoms with Crippen molar-refractivity contribution in [1.29, 1.82) is 10.5 Å². The van der Waals surface area contributed by atoms with Crippen molar-refractivity contribution in [1.82, 2.24) is 9.97 Å². The summed E-state index contributed by atoms with van der Waals surface area (Å²) >= 11 is 0. The number of aromatic nitrogens is 2. The summed E-state index contributed by atoms with van der Waals surface area (Å²) in [6, 6.07) is 50.6. The van der Waals surface area contributed by atoms with Gasteiger partial charge in [0.2, 0.25) is 11.4 Å². The quantitative estimate of drug-likeness (QED) is 0.131. The van der Waals surface area contributed by atoms with Gasteiger partial charge in [-0.2, -0.15) is 10.5 Å². The molecule has 0 radical (unpaired) electrons. The van der Waals surface area contributed by atoms with Crippen LogP contribution in [0, 0.1) is 35.8 Å². The van der Waals surface area contributed by atoms with Crippen LogP contribution in [0.5, 0.6) is 0 Å². The molecule has 2 heterocycles. The normalized spacial score (nSPS) is 11.7. The molecular formula is C52H22N6. The summed E-state index contributed by atoms with van der Waals surface area (Å²) in [4.78, 5) is 15.9. The molecule has 8 aromatic carbocycles. The second kappa shape index (κ2) is 11.4. The Hall–Kier alpha value is -8.68. The lowest BCUT2D eigenvalue weighted by molar-refractivity contribution is 1.29. The summed E-state index contributed by atoms with van der Waals surface area (Å²) in [5, 5.41) is 31.0. The number of nitriles is 2. The van der Waals surface area contributed by atoms with Gasteiger partial charge in [-0.05, 0) is 145 Å². The minimum Gasteiger partial charge on any atom is -0.361 e. The molecule has 2 aliphatic carbocycles. The molecule has 260 valence electrons. The van der Waals surface area contributed by atoms with Crippen LogP contribution in [0.2, 0.25) is 0 Å². The van der Waals surface area contributed by atoms with Crippen LogP contribution in [-0.4, -0.2) is 9.97 Å². The molecule has 2 aromatic heterocycles. The van der Waals surface area contributed by atoms with Crippen molar-refractivity contribution >= 4 is 65.5 Å². The largest absolute Gasteiger partial charge is 0.361 e. The van der Waals surface area contributed by atoms with E-state index in [0.717, 1.165) is 110 Å². The molecule has 2 aliphatic rings. The summed E-state index contributed by atoms with van der Waals surface area (Å²) in [5.41, 5.74) is 12.8. The molecule has 0 N–H and O–H groups in total. The van der Waals surface area contributed by atoms with Crippen LogP contribution in [0.1, 0.15) is 11.4 Å². The second-order valence-corrected chi connectivity index (χ2v) is 14.8. The number of fused-ring (bicyclic) bond motifs is 11. The molecule has 0 fully saturated rings. The Morgan fingerprint density at radius 2 is 0.793 bits per heavy atom. The van der Waals surface area contributed by atoms with Gasteiger partial charge in [0.25, 0.3) is 11.6 Å². The van der Waals surface area contributed by atoms with Crippen molar-refractivity contribution in [3.8, 4) is 78.9 Å². The first-order valence-corrected chi connectivity index (χ1v) is 18.7. The SMILES string of the molecule is [C-]#[N+]c1cc(-c2c3c(cc4c2ccc2c5cc6c(c(-c7cc(C#N)nc([N+]#[C-])c7)c5ccc42)-c2cccc4cccc-6c24)-c2cccc4cccc-3c24)cc(C#N)n1. The van der Waals surface area contributed by atoms with Crippen LogP contribution in [-0.2, 0) is 0 Å². The number of hydrogen-bond acceptors (Lipinski definition) is 4. The van der Waals surface area contributed by atoms with E-state index >= 15 is 0 Å². The van der Waals surface area contributed by atoms with Gasteiger partial charge in [0.1, 0.15) is 12.1 Å². The van der Waals surface area contributed by atoms with Crippen LogP contribution >= 0.6 is 0 Å². The zero-order valence-corrected chi connectivity index (χ0v) is 30.4. The molecule has 6 nitrogen and oxygen atoms in total. The molecule has 10 aromatic rings. The summed E-state index contributed by atoms with van der Waals surface area (Å²) < 4.78 is 0. The van der Waals surface area contributed by atoms with E-state index in [9.17, 15) is 10.5 Å². The fourth-order valence-electron chi connectivity index (χ4n) is 9.85. The van der Waals surface area contributed by atoms with Gasteiger partial charge >= 0.3 is 0 Å². The number of nitrogens with zero attached hydrogens (tertiary/aromatic N) is 6. The van der Waals surface area contributed by atoms with Crippen LogP contribution in [0.25, 0.3) is 130 Å². The average Bonchev–Trinajstić information content (AvgIpc) is 3.78. The summed E-state index contributed by atoms with van der Waals surface area (Å²) in [5.74, 6) is 0.351. The summed E-state index contributed by atoms with van der Waals surface area (Å²) in [6.07, 6.45) is 0. The van der Waals surface area contributed by atoms with Crippen molar-refractivity contribution in [2.45, 2.75) is 0 Å². The van der Waals surface area contributed by atoms with Gasteiger partial charge in [-0.3, -0.25) is 0 Å². The van der Waals surface area contributed by atoms with Crippen LogP contribution in [0.15, 0.2) is 133 Å². The highest BCUT2D eigenvalue weighted by Crippen LogP contribution is 2.57. The van der Waals surface area contributed by atoms with Gasteiger partial charge < -0.3 is 9.69 Å².